The molecule has 0 aromatic heterocycles. The molecular weight excluding hydrogens is 499 g/mol. The summed E-state index contributed by atoms with van der Waals surface area (Å²) >= 11 is 0. The Labute approximate surface area is 232 Å². The molecule has 0 bridgehead atoms. The number of piperidine rings is 1. The Morgan fingerprint density at radius 1 is 1.13 bits per heavy atom. The largest absolute Gasteiger partial charge is 0.454 e. The van der Waals surface area contributed by atoms with E-state index in [9.17, 15) is 10.2 Å². The Kier molecular flexibility index (Phi) is 10.7. The van der Waals surface area contributed by atoms with Gasteiger partial charge >= 0.3 is 0 Å². The number of para-hydroxylation sites is 2. The number of unbranched alkanes of at least 4 members (excludes halogenated alkanes) is 1. The van der Waals surface area contributed by atoms with Gasteiger partial charge < -0.3 is 30.2 Å². The number of aliphatic hydroxyl groups excluding tert-OH is 1. The summed E-state index contributed by atoms with van der Waals surface area (Å²) in [6.45, 7) is 5.05. The van der Waals surface area contributed by atoms with Crippen molar-refractivity contribution in [1.29, 1.82) is 0 Å². The minimum Gasteiger partial charge on any atom is -0.454 e. The number of halogens is 1. The van der Waals surface area contributed by atoms with Gasteiger partial charge in [-0.3, -0.25) is 4.90 Å². The van der Waals surface area contributed by atoms with Gasteiger partial charge in [0, 0.05) is 44.3 Å². The third kappa shape index (κ3) is 7.57. The van der Waals surface area contributed by atoms with E-state index in [1.165, 1.54) is 6.07 Å². The van der Waals surface area contributed by atoms with Gasteiger partial charge in [0.05, 0.1) is 25.0 Å². The zero-order valence-electron chi connectivity index (χ0n) is 23.4. The second kappa shape index (κ2) is 14.0. The number of rotatable bonds is 13. The molecule has 1 aliphatic carbocycles. The Morgan fingerprint density at radius 3 is 2.69 bits per heavy atom. The molecule has 2 aromatic rings. The van der Waals surface area contributed by atoms with Crippen molar-refractivity contribution < 1.29 is 28.8 Å². The average Bonchev–Trinajstić information content (AvgIpc) is 3.25. The fourth-order valence-electron chi connectivity index (χ4n) is 6.14. The molecule has 0 unspecified atom stereocenters. The molecule has 2 fully saturated rings. The van der Waals surface area contributed by atoms with Crippen molar-refractivity contribution in [3.63, 3.8) is 0 Å². The summed E-state index contributed by atoms with van der Waals surface area (Å²) in [5.41, 5.74) is 6.06. The monoisotopic (exact) mass is 544 g/mol. The molecule has 1 aliphatic heterocycles. The van der Waals surface area contributed by atoms with Crippen LogP contribution in [0.3, 0.4) is 0 Å². The maximum absolute atomic E-state index is 15.3. The standard InChI is InChI=1S/C31H45FN2O5/c1-22-9-3-4-13-29(22)39-30-25(11-7-12-26(30)32)31(36,14-5-6-16-37-2)24-10-8-15-34(19-24)21-38-20-23-17-27(33)28(35)18-23/h3-4,7,9,11-13,23-24,27-28,35-36H,5-6,8,10,14-21,33H2,1-2H3/t23-,24+,27+,28-,31-/m0/s1. The zero-order chi connectivity index (χ0) is 27.8. The minimum atomic E-state index is -1.28. The summed E-state index contributed by atoms with van der Waals surface area (Å²) in [6, 6.07) is 12.2. The van der Waals surface area contributed by atoms with Crippen LogP contribution in [0.2, 0.25) is 0 Å². The zero-order valence-corrected chi connectivity index (χ0v) is 23.4. The van der Waals surface area contributed by atoms with Gasteiger partial charge in [0.1, 0.15) is 5.75 Å². The Bertz CT molecular complexity index is 1050. The quantitative estimate of drug-likeness (QED) is 0.314. The lowest BCUT2D eigenvalue weighted by Gasteiger charge is -2.43. The first-order valence-electron chi connectivity index (χ1n) is 14.3. The second-order valence-corrected chi connectivity index (χ2v) is 11.3. The van der Waals surface area contributed by atoms with Crippen LogP contribution in [0.5, 0.6) is 11.5 Å². The van der Waals surface area contributed by atoms with E-state index >= 15 is 4.39 Å². The highest BCUT2D eigenvalue weighted by atomic mass is 19.1. The molecule has 0 amide bonds. The highest BCUT2D eigenvalue weighted by Crippen LogP contribution is 2.45. The average molecular weight is 545 g/mol. The van der Waals surface area contributed by atoms with Gasteiger partial charge in [0.15, 0.2) is 11.6 Å². The van der Waals surface area contributed by atoms with Crippen LogP contribution in [-0.4, -0.2) is 67.4 Å². The first kappa shape index (κ1) is 29.9. The van der Waals surface area contributed by atoms with Gasteiger partial charge in [-0.2, -0.15) is 0 Å². The molecule has 1 heterocycles. The normalized spacial score (nSPS) is 25.5. The first-order valence-corrected chi connectivity index (χ1v) is 14.3. The van der Waals surface area contributed by atoms with Crippen LogP contribution in [0, 0.1) is 24.6 Å². The van der Waals surface area contributed by atoms with Crippen molar-refractivity contribution in [2.75, 3.05) is 40.1 Å². The van der Waals surface area contributed by atoms with Gasteiger partial charge in [-0.15, -0.1) is 0 Å². The summed E-state index contributed by atoms with van der Waals surface area (Å²) < 4.78 is 32.8. The summed E-state index contributed by atoms with van der Waals surface area (Å²) in [5, 5.41) is 22.4. The second-order valence-electron chi connectivity index (χ2n) is 11.3. The number of likely N-dealkylation sites (tertiary alicyclic amines) is 1. The number of aliphatic hydroxyl groups is 2. The molecule has 2 aromatic carbocycles. The van der Waals surface area contributed by atoms with Crippen LogP contribution >= 0.6 is 0 Å². The van der Waals surface area contributed by atoms with Gasteiger partial charge in [0.2, 0.25) is 0 Å². The summed E-state index contributed by atoms with van der Waals surface area (Å²) in [6.07, 6.45) is 4.74. The summed E-state index contributed by atoms with van der Waals surface area (Å²) in [4.78, 5) is 2.22. The van der Waals surface area contributed by atoms with Crippen molar-refractivity contribution in [3.05, 3.63) is 59.4 Å². The molecule has 216 valence electrons. The lowest BCUT2D eigenvalue weighted by Crippen LogP contribution is -2.47. The van der Waals surface area contributed by atoms with Crippen LogP contribution < -0.4 is 10.5 Å². The highest BCUT2D eigenvalue weighted by Gasteiger charge is 2.43. The Balaban J connectivity index is 1.52. The number of nitrogens with zero attached hydrogens (tertiary/aromatic N) is 1. The maximum atomic E-state index is 15.3. The predicted molar refractivity (Wildman–Crippen MR) is 149 cm³/mol. The molecule has 1 saturated carbocycles. The van der Waals surface area contributed by atoms with E-state index < -0.39 is 17.5 Å². The van der Waals surface area contributed by atoms with Crippen molar-refractivity contribution in [3.8, 4) is 11.5 Å². The highest BCUT2D eigenvalue weighted by molar-refractivity contribution is 5.45. The molecule has 39 heavy (non-hydrogen) atoms. The summed E-state index contributed by atoms with van der Waals surface area (Å²) in [7, 11) is 1.67. The molecule has 7 nitrogen and oxygen atoms in total. The van der Waals surface area contributed by atoms with Gasteiger partial charge in [-0.25, -0.2) is 4.39 Å². The van der Waals surface area contributed by atoms with Gasteiger partial charge in [-0.1, -0.05) is 30.3 Å². The molecule has 5 atom stereocenters. The van der Waals surface area contributed by atoms with Crippen molar-refractivity contribution in [2.45, 2.75) is 69.6 Å². The Morgan fingerprint density at radius 2 is 1.95 bits per heavy atom. The lowest BCUT2D eigenvalue weighted by atomic mass is 9.73. The van der Waals surface area contributed by atoms with E-state index in [4.69, 9.17) is 19.9 Å². The molecule has 1 saturated heterocycles. The van der Waals surface area contributed by atoms with Crippen LogP contribution in [-0.2, 0) is 15.1 Å². The molecule has 8 heteroatoms. The van der Waals surface area contributed by atoms with Crippen LogP contribution in [0.25, 0.3) is 0 Å². The number of nitrogens with two attached hydrogens (primary N) is 1. The molecule has 0 radical (unpaired) electrons. The molecule has 4 N–H and O–H groups in total. The lowest BCUT2D eigenvalue weighted by molar-refractivity contribution is -0.0835. The van der Waals surface area contributed by atoms with E-state index in [1.807, 2.05) is 31.2 Å². The number of methoxy groups -OCH3 is 1. The van der Waals surface area contributed by atoms with Crippen LogP contribution in [0.1, 0.15) is 56.1 Å². The number of hydrogen-bond donors (Lipinski definition) is 3. The van der Waals surface area contributed by atoms with Crippen molar-refractivity contribution in [1.82, 2.24) is 4.90 Å². The third-order valence-corrected chi connectivity index (χ3v) is 8.38. The van der Waals surface area contributed by atoms with Gasteiger partial charge in [0.25, 0.3) is 0 Å². The molecule has 4 rings (SSSR count). The third-order valence-electron chi connectivity index (χ3n) is 8.38. The fraction of sp³-hybridized carbons (Fsp3) is 0.613. The molecular formula is C31H45FN2O5. The number of benzene rings is 2. The first-order chi connectivity index (χ1) is 18.8. The maximum Gasteiger partial charge on any atom is 0.169 e. The number of ether oxygens (including phenoxy) is 3. The van der Waals surface area contributed by atoms with E-state index in [0.717, 1.165) is 44.2 Å². The van der Waals surface area contributed by atoms with Crippen molar-refractivity contribution >= 4 is 0 Å². The van der Waals surface area contributed by atoms with E-state index in [-0.39, 0.29) is 23.6 Å². The number of hydrogen-bond acceptors (Lipinski definition) is 7. The smallest absolute Gasteiger partial charge is 0.169 e. The van der Waals surface area contributed by atoms with E-state index in [2.05, 4.69) is 4.90 Å². The minimum absolute atomic E-state index is 0.0885. The number of aryl methyl sites for hydroxylation is 1. The van der Waals surface area contributed by atoms with E-state index in [0.29, 0.717) is 50.6 Å². The van der Waals surface area contributed by atoms with Gasteiger partial charge in [-0.05, 0) is 75.5 Å². The fourth-order valence-corrected chi connectivity index (χ4v) is 6.14. The van der Waals surface area contributed by atoms with Crippen LogP contribution in [0.15, 0.2) is 42.5 Å². The molecule has 2 aliphatic rings. The van der Waals surface area contributed by atoms with Crippen molar-refractivity contribution in [2.24, 2.45) is 17.6 Å². The van der Waals surface area contributed by atoms with E-state index in [1.54, 1.807) is 19.2 Å². The van der Waals surface area contributed by atoms with Crippen LogP contribution in [0.4, 0.5) is 4.39 Å². The Hall–Kier alpha value is -2.07. The SMILES string of the molecule is COCCCC[C@@](O)(c1cccc(F)c1Oc1ccccc1C)[C@@H]1CCCN(COC[C@H]2C[C@@H](N)[C@@H](O)C2)C1. The summed E-state index contributed by atoms with van der Waals surface area (Å²) in [5.74, 6) is 0.312. The molecule has 0 spiro atoms. The predicted octanol–water partition coefficient (Wildman–Crippen LogP) is 4.72. The topological polar surface area (TPSA) is 97.4 Å².